The predicted octanol–water partition coefficient (Wildman–Crippen LogP) is 3.58. The fraction of sp³-hybridized carbons (Fsp3) is 0.600. The van der Waals surface area contributed by atoms with E-state index < -0.39 is 17.1 Å². The Balaban J connectivity index is 2.47. The first-order valence-electron chi connectivity index (χ1n) is 7.52. The third kappa shape index (κ3) is 6.49. The number of nitrogens with one attached hydrogen (secondary N) is 1. The van der Waals surface area contributed by atoms with Gasteiger partial charge in [0.05, 0.1) is 0 Å². The largest absolute Gasteiger partial charge is 0.544 e. The molecule has 0 heterocycles. The Bertz CT molecular complexity index is 439. The molecule has 1 N–H and O–H groups in total. The highest BCUT2D eigenvalue weighted by Gasteiger charge is 2.36. The zero-order valence-corrected chi connectivity index (χ0v) is 16.6. The molecule has 0 spiro atoms. The van der Waals surface area contributed by atoms with Crippen LogP contribution in [-0.2, 0) is 13.3 Å². The average molecular weight is 344 g/mol. The first-order valence-corrected chi connectivity index (χ1v) is 12.9. The Kier molecular flexibility index (Phi) is 7.57. The fourth-order valence-corrected chi connectivity index (χ4v) is 4.67. The van der Waals surface area contributed by atoms with E-state index in [0.717, 1.165) is 30.4 Å². The van der Waals surface area contributed by atoms with E-state index in [0.29, 0.717) is 0 Å². The smallest absolute Gasteiger partial charge is 0.500 e. The summed E-state index contributed by atoms with van der Waals surface area (Å²) in [5.74, 6) is 0.929. The van der Waals surface area contributed by atoms with Crippen LogP contribution in [0, 0.1) is 0 Å². The van der Waals surface area contributed by atoms with Gasteiger partial charge in [0.25, 0.3) is 0 Å². The maximum absolute atomic E-state index is 6.00. The maximum Gasteiger partial charge on any atom is 0.500 e. The molecule has 0 bridgehead atoms. The molecule has 0 atom stereocenters. The van der Waals surface area contributed by atoms with E-state index in [1.165, 1.54) is 0 Å². The molecule has 5 nitrogen and oxygen atoms in total. The third-order valence-corrected chi connectivity index (χ3v) is 6.86. The van der Waals surface area contributed by atoms with Crippen LogP contribution in [0.2, 0.25) is 25.7 Å². The van der Waals surface area contributed by atoms with E-state index in [-0.39, 0.29) is 0 Å². The van der Waals surface area contributed by atoms with Crippen LogP contribution in [0.5, 0.6) is 5.75 Å². The van der Waals surface area contributed by atoms with Crippen LogP contribution in [-0.4, -0.2) is 45.0 Å². The molecule has 0 aliphatic rings. The van der Waals surface area contributed by atoms with Crippen LogP contribution in [0.4, 0.5) is 5.69 Å². The molecule has 0 saturated carbocycles. The Labute approximate surface area is 136 Å². The Hall–Kier alpha value is -0.866. The Morgan fingerprint density at radius 1 is 1.00 bits per heavy atom. The van der Waals surface area contributed by atoms with Gasteiger partial charge in [0.2, 0.25) is 8.32 Å². The van der Waals surface area contributed by atoms with E-state index in [1.807, 2.05) is 24.3 Å². The Morgan fingerprint density at radius 2 is 1.64 bits per heavy atom. The molecule has 0 unspecified atom stereocenters. The van der Waals surface area contributed by atoms with Crippen molar-refractivity contribution in [3.05, 3.63) is 24.3 Å². The van der Waals surface area contributed by atoms with Gasteiger partial charge in [0.15, 0.2) is 0 Å². The van der Waals surface area contributed by atoms with Crippen molar-refractivity contribution >= 4 is 22.8 Å². The lowest BCUT2D eigenvalue weighted by Gasteiger charge is -2.24. The molecule has 0 aliphatic heterocycles. The molecule has 0 saturated heterocycles. The van der Waals surface area contributed by atoms with Gasteiger partial charge in [-0.15, -0.1) is 0 Å². The van der Waals surface area contributed by atoms with E-state index in [9.17, 15) is 0 Å². The van der Waals surface area contributed by atoms with Crippen molar-refractivity contribution < 1.29 is 17.7 Å². The van der Waals surface area contributed by atoms with Gasteiger partial charge < -0.3 is 23.0 Å². The molecule has 1 aromatic rings. The normalized spacial score (nSPS) is 12.3. The molecule has 1 aromatic carbocycles. The molecule has 0 radical (unpaired) electrons. The number of anilines is 1. The first-order chi connectivity index (χ1) is 10.3. The highest BCUT2D eigenvalue weighted by Crippen LogP contribution is 2.21. The molecular weight excluding hydrogens is 314 g/mol. The lowest BCUT2D eigenvalue weighted by Crippen LogP contribution is -2.42. The van der Waals surface area contributed by atoms with Crippen molar-refractivity contribution in [2.24, 2.45) is 0 Å². The molecule has 126 valence electrons. The van der Waals surface area contributed by atoms with E-state index >= 15 is 0 Å². The monoisotopic (exact) mass is 343 g/mol. The van der Waals surface area contributed by atoms with Crippen LogP contribution >= 0.6 is 0 Å². The minimum Gasteiger partial charge on any atom is -0.544 e. The number of rotatable bonds is 10. The standard InChI is InChI=1S/C15H29NO4Si2/c1-17-22(18-2,19-3)12-8-11-16-14-9-7-10-15(13-14)20-21(4,5)6/h7,9-10,13,16H,8,11-12H2,1-6H3. The minimum atomic E-state index is -2.46. The lowest BCUT2D eigenvalue weighted by atomic mass is 10.3. The van der Waals surface area contributed by atoms with Crippen molar-refractivity contribution in [2.75, 3.05) is 33.2 Å². The van der Waals surface area contributed by atoms with Gasteiger partial charge in [0, 0.05) is 45.7 Å². The van der Waals surface area contributed by atoms with Gasteiger partial charge in [-0.05, 0) is 38.2 Å². The van der Waals surface area contributed by atoms with Gasteiger partial charge in [-0.1, -0.05) is 6.07 Å². The van der Waals surface area contributed by atoms with Crippen LogP contribution < -0.4 is 9.74 Å². The second-order valence-corrected chi connectivity index (χ2v) is 13.6. The highest BCUT2D eigenvalue weighted by molar-refractivity contribution is 6.70. The number of benzene rings is 1. The minimum absolute atomic E-state index is 0.786. The summed E-state index contributed by atoms with van der Waals surface area (Å²) in [6.45, 7) is 7.37. The summed E-state index contributed by atoms with van der Waals surface area (Å²) < 4.78 is 22.2. The van der Waals surface area contributed by atoms with Crippen molar-refractivity contribution in [2.45, 2.75) is 32.1 Å². The third-order valence-electron chi connectivity index (χ3n) is 3.18. The summed E-state index contributed by atoms with van der Waals surface area (Å²) in [6, 6.07) is 8.89. The summed E-state index contributed by atoms with van der Waals surface area (Å²) in [4.78, 5) is 0. The van der Waals surface area contributed by atoms with Gasteiger partial charge in [0.1, 0.15) is 5.75 Å². The molecule has 22 heavy (non-hydrogen) atoms. The molecular formula is C15H29NO4Si2. The van der Waals surface area contributed by atoms with E-state index in [2.05, 4.69) is 25.0 Å². The van der Waals surface area contributed by atoms with Crippen molar-refractivity contribution in [3.8, 4) is 5.75 Å². The van der Waals surface area contributed by atoms with Crippen LogP contribution in [0.25, 0.3) is 0 Å². The van der Waals surface area contributed by atoms with Gasteiger partial charge in [-0.25, -0.2) is 0 Å². The van der Waals surface area contributed by atoms with Crippen molar-refractivity contribution in [3.63, 3.8) is 0 Å². The summed E-state index contributed by atoms with van der Waals surface area (Å²) in [7, 11) is 0.900. The average Bonchev–Trinajstić information content (AvgIpc) is 2.47. The molecule has 0 fully saturated rings. The van der Waals surface area contributed by atoms with Crippen LogP contribution in [0.15, 0.2) is 24.3 Å². The van der Waals surface area contributed by atoms with Gasteiger partial charge in [-0.3, -0.25) is 0 Å². The first kappa shape index (κ1) is 19.2. The van der Waals surface area contributed by atoms with Crippen LogP contribution in [0.3, 0.4) is 0 Å². The molecule has 0 aromatic heterocycles. The zero-order valence-electron chi connectivity index (χ0n) is 14.6. The quantitative estimate of drug-likeness (QED) is 0.520. The predicted molar refractivity (Wildman–Crippen MR) is 95.1 cm³/mol. The van der Waals surface area contributed by atoms with Crippen LogP contribution in [0.1, 0.15) is 6.42 Å². The van der Waals surface area contributed by atoms with Crippen molar-refractivity contribution in [1.82, 2.24) is 0 Å². The zero-order chi connectivity index (χ0) is 16.6. The van der Waals surface area contributed by atoms with E-state index in [1.54, 1.807) is 21.3 Å². The maximum atomic E-state index is 6.00. The summed E-state index contributed by atoms with van der Waals surface area (Å²) >= 11 is 0. The van der Waals surface area contributed by atoms with Crippen molar-refractivity contribution in [1.29, 1.82) is 0 Å². The van der Waals surface area contributed by atoms with Gasteiger partial charge >= 0.3 is 8.80 Å². The Morgan fingerprint density at radius 3 is 2.18 bits per heavy atom. The summed E-state index contributed by atoms with van der Waals surface area (Å²) in [6.07, 6.45) is 0.918. The number of hydrogen-bond donors (Lipinski definition) is 1. The highest BCUT2D eigenvalue weighted by atomic mass is 28.4. The summed E-state index contributed by atoms with van der Waals surface area (Å²) in [5, 5.41) is 3.41. The SMILES string of the molecule is CO[Si](CCCNc1cccc(O[Si](C)(C)C)c1)(OC)OC. The topological polar surface area (TPSA) is 49.0 Å². The molecule has 0 aliphatic carbocycles. The molecule has 7 heteroatoms. The second-order valence-electron chi connectivity index (χ2n) is 6.07. The fourth-order valence-electron chi connectivity index (χ4n) is 2.12. The molecule has 1 rings (SSSR count). The number of hydrogen-bond acceptors (Lipinski definition) is 5. The summed E-state index contributed by atoms with van der Waals surface area (Å²) in [5.41, 5.74) is 1.07. The van der Waals surface area contributed by atoms with E-state index in [4.69, 9.17) is 17.7 Å². The molecule has 0 amide bonds. The lowest BCUT2D eigenvalue weighted by molar-refractivity contribution is 0.123. The second kappa shape index (κ2) is 8.68. The van der Waals surface area contributed by atoms with Gasteiger partial charge in [-0.2, -0.15) is 0 Å².